The minimum Gasteiger partial charge on any atom is -0.207 e. The lowest BCUT2D eigenvalue weighted by molar-refractivity contribution is 0.628. The first-order valence-corrected chi connectivity index (χ1v) is 11.5. The molecule has 0 saturated heterocycles. The molecule has 6 rings (SSSR count). The minimum absolute atomic E-state index is 0.190. The van der Waals surface area contributed by atoms with Crippen LogP contribution >= 0.6 is 0 Å². The maximum absolute atomic E-state index is 13.1. The van der Waals surface area contributed by atoms with Crippen molar-refractivity contribution in [3.63, 3.8) is 0 Å². The normalized spacial score (nSPS) is 11.4. The summed E-state index contributed by atoms with van der Waals surface area (Å²) in [5.74, 6) is -0.190. The van der Waals surface area contributed by atoms with Gasteiger partial charge in [0, 0.05) is 0 Å². The van der Waals surface area contributed by atoms with Crippen LogP contribution < -0.4 is 0 Å². The van der Waals surface area contributed by atoms with Crippen LogP contribution in [-0.4, -0.2) is 0 Å². The summed E-state index contributed by atoms with van der Waals surface area (Å²) in [6.07, 6.45) is 5.20. The average molecular weight is 441 g/mol. The first kappa shape index (κ1) is 21.6. The molecule has 0 nitrogen and oxygen atoms in total. The van der Waals surface area contributed by atoms with Crippen molar-refractivity contribution in [2.45, 2.75) is 6.42 Å². The molecular formula is C33H25F. The number of halogens is 1. The molecule has 0 amide bonds. The van der Waals surface area contributed by atoms with Crippen LogP contribution in [0.1, 0.15) is 22.3 Å². The molecule has 1 heteroatoms. The van der Waals surface area contributed by atoms with Crippen LogP contribution in [0.4, 0.5) is 4.39 Å². The summed E-state index contributed by atoms with van der Waals surface area (Å²) in [5.41, 5.74) is 10.1. The van der Waals surface area contributed by atoms with Gasteiger partial charge in [-0.15, -0.1) is 0 Å². The van der Waals surface area contributed by atoms with E-state index in [9.17, 15) is 4.39 Å². The second-order valence-electron chi connectivity index (χ2n) is 8.33. The quantitative estimate of drug-likeness (QED) is 0.241. The van der Waals surface area contributed by atoms with Gasteiger partial charge in [-0.3, -0.25) is 0 Å². The Labute approximate surface area is 200 Å². The van der Waals surface area contributed by atoms with Gasteiger partial charge in [0.2, 0.25) is 0 Å². The summed E-state index contributed by atoms with van der Waals surface area (Å²) in [7, 11) is 0. The van der Waals surface area contributed by atoms with Gasteiger partial charge in [-0.25, -0.2) is 4.39 Å². The van der Waals surface area contributed by atoms with Crippen LogP contribution in [0.2, 0.25) is 0 Å². The molecule has 34 heavy (non-hydrogen) atoms. The summed E-state index contributed by atoms with van der Waals surface area (Å²) in [6, 6.07) is 42.3. The molecule has 0 radical (unpaired) electrons. The van der Waals surface area contributed by atoms with E-state index in [1.165, 1.54) is 51.1 Å². The highest BCUT2D eigenvalue weighted by atomic mass is 19.1. The van der Waals surface area contributed by atoms with Crippen molar-refractivity contribution in [2.24, 2.45) is 0 Å². The standard InChI is InChI=1S/C19H13F.C14H12/c20-15-10-8-13(9-11-15)16-6-3-7-18-17-5-2-1-4-14(17)12-19(16)18;1-3-7-13(8-4-1)11-12-14-9-5-2-6-10-14/h1-11H,12H2;1-12H. The van der Waals surface area contributed by atoms with Crippen molar-refractivity contribution in [1.29, 1.82) is 0 Å². The fourth-order valence-corrected chi connectivity index (χ4v) is 4.38. The zero-order chi connectivity index (χ0) is 23.2. The Balaban J connectivity index is 0.000000152. The van der Waals surface area contributed by atoms with Gasteiger partial charge >= 0.3 is 0 Å². The third-order valence-electron chi connectivity index (χ3n) is 6.07. The molecule has 0 bridgehead atoms. The minimum atomic E-state index is -0.190. The molecule has 5 aromatic carbocycles. The van der Waals surface area contributed by atoms with Crippen LogP contribution in [0.25, 0.3) is 34.4 Å². The molecule has 0 aromatic heterocycles. The molecule has 0 atom stereocenters. The van der Waals surface area contributed by atoms with E-state index < -0.39 is 0 Å². The van der Waals surface area contributed by atoms with E-state index in [4.69, 9.17) is 0 Å². The highest BCUT2D eigenvalue weighted by Gasteiger charge is 2.20. The highest BCUT2D eigenvalue weighted by Crippen LogP contribution is 2.41. The summed E-state index contributed by atoms with van der Waals surface area (Å²) in [5, 5.41) is 0. The van der Waals surface area contributed by atoms with Crippen LogP contribution in [-0.2, 0) is 6.42 Å². The zero-order valence-corrected chi connectivity index (χ0v) is 18.9. The second-order valence-corrected chi connectivity index (χ2v) is 8.33. The van der Waals surface area contributed by atoms with Crippen molar-refractivity contribution >= 4 is 12.2 Å². The Hall–Kier alpha value is -4.23. The fourth-order valence-electron chi connectivity index (χ4n) is 4.38. The average Bonchev–Trinajstić information content (AvgIpc) is 3.29. The van der Waals surface area contributed by atoms with Crippen LogP contribution in [0.3, 0.4) is 0 Å². The van der Waals surface area contributed by atoms with Gasteiger partial charge in [-0.05, 0) is 63.1 Å². The zero-order valence-electron chi connectivity index (χ0n) is 18.9. The van der Waals surface area contributed by atoms with Crippen LogP contribution in [0.5, 0.6) is 0 Å². The number of rotatable bonds is 3. The van der Waals surface area contributed by atoms with Gasteiger partial charge in [-0.2, -0.15) is 0 Å². The highest BCUT2D eigenvalue weighted by molar-refractivity contribution is 5.84. The molecule has 164 valence electrons. The van der Waals surface area contributed by atoms with Crippen molar-refractivity contribution in [3.8, 4) is 22.3 Å². The predicted octanol–water partition coefficient (Wildman–Crippen LogP) is 8.92. The maximum atomic E-state index is 13.1. The first-order valence-electron chi connectivity index (χ1n) is 11.5. The number of fused-ring (bicyclic) bond motifs is 3. The SMILES string of the molecule is C(=Cc1ccccc1)c1ccccc1.Fc1ccc(-c2cccc3c2Cc2ccccc2-3)cc1. The molecule has 0 heterocycles. The monoisotopic (exact) mass is 440 g/mol. The fraction of sp³-hybridized carbons (Fsp3) is 0.0303. The topological polar surface area (TPSA) is 0 Å². The predicted molar refractivity (Wildman–Crippen MR) is 142 cm³/mol. The van der Waals surface area contributed by atoms with E-state index in [0.29, 0.717) is 0 Å². The molecule has 0 saturated carbocycles. The molecule has 0 unspecified atom stereocenters. The Bertz CT molecular complexity index is 1360. The van der Waals surface area contributed by atoms with Crippen molar-refractivity contribution in [3.05, 3.63) is 155 Å². The van der Waals surface area contributed by atoms with Crippen molar-refractivity contribution in [2.75, 3.05) is 0 Å². The van der Waals surface area contributed by atoms with E-state index in [-0.39, 0.29) is 5.82 Å². The molecule has 0 spiro atoms. The largest absolute Gasteiger partial charge is 0.207 e. The van der Waals surface area contributed by atoms with Gasteiger partial charge in [0.25, 0.3) is 0 Å². The molecule has 1 aliphatic carbocycles. The number of benzene rings is 5. The summed E-state index contributed by atoms with van der Waals surface area (Å²) >= 11 is 0. The van der Waals surface area contributed by atoms with E-state index >= 15 is 0 Å². The molecule has 0 fully saturated rings. The Morgan fingerprint density at radius 2 is 1.00 bits per heavy atom. The molecule has 0 aliphatic heterocycles. The van der Waals surface area contributed by atoms with E-state index in [0.717, 1.165) is 12.0 Å². The van der Waals surface area contributed by atoms with Crippen LogP contribution in [0, 0.1) is 5.82 Å². The van der Waals surface area contributed by atoms with Crippen molar-refractivity contribution in [1.82, 2.24) is 0 Å². The summed E-state index contributed by atoms with van der Waals surface area (Å²) < 4.78 is 13.1. The van der Waals surface area contributed by atoms with E-state index in [2.05, 4.69) is 78.9 Å². The molecule has 5 aromatic rings. The number of hydrogen-bond donors (Lipinski definition) is 0. The van der Waals surface area contributed by atoms with Gasteiger partial charge in [0.1, 0.15) is 5.82 Å². The number of hydrogen-bond acceptors (Lipinski definition) is 0. The van der Waals surface area contributed by atoms with Gasteiger partial charge < -0.3 is 0 Å². The van der Waals surface area contributed by atoms with E-state index in [1.54, 1.807) is 0 Å². The lowest BCUT2D eigenvalue weighted by Crippen LogP contribution is -1.88. The Morgan fingerprint density at radius 3 is 1.65 bits per heavy atom. The third-order valence-corrected chi connectivity index (χ3v) is 6.07. The maximum Gasteiger partial charge on any atom is 0.123 e. The van der Waals surface area contributed by atoms with E-state index in [1.807, 2.05) is 48.5 Å². The van der Waals surface area contributed by atoms with Gasteiger partial charge in [0.15, 0.2) is 0 Å². The van der Waals surface area contributed by atoms with Gasteiger partial charge in [0.05, 0.1) is 0 Å². The smallest absolute Gasteiger partial charge is 0.123 e. The molecule has 1 aliphatic rings. The molecule has 0 N–H and O–H groups in total. The first-order chi connectivity index (χ1) is 16.8. The lowest BCUT2D eigenvalue weighted by atomic mass is 9.96. The third kappa shape index (κ3) is 4.89. The Kier molecular flexibility index (Phi) is 6.45. The summed E-state index contributed by atoms with van der Waals surface area (Å²) in [4.78, 5) is 0. The Morgan fingerprint density at radius 1 is 0.471 bits per heavy atom. The van der Waals surface area contributed by atoms with Crippen LogP contribution in [0.15, 0.2) is 127 Å². The molecular weight excluding hydrogens is 415 g/mol. The second kappa shape index (κ2) is 10.1. The van der Waals surface area contributed by atoms with Crippen molar-refractivity contribution < 1.29 is 4.39 Å². The lowest BCUT2D eigenvalue weighted by Gasteiger charge is -2.08. The summed E-state index contributed by atoms with van der Waals surface area (Å²) in [6.45, 7) is 0. The van der Waals surface area contributed by atoms with Gasteiger partial charge in [-0.1, -0.05) is 127 Å².